The number of H-pyrrole nitrogens is 1. The van der Waals surface area contributed by atoms with Crippen molar-refractivity contribution in [2.75, 3.05) is 0 Å². The van der Waals surface area contributed by atoms with Crippen LogP contribution in [0.15, 0.2) is 10.9 Å². The molecule has 0 spiro atoms. The third kappa shape index (κ3) is 1.16. The molecular weight excluding hydrogens is 152 g/mol. The van der Waals surface area contributed by atoms with Crippen molar-refractivity contribution in [1.82, 2.24) is 9.78 Å². The lowest BCUT2D eigenvalue weighted by molar-refractivity contribution is 0.676. The Bertz CT molecular complexity index is 376. The maximum absolute atomic E-state index is 11.2. The second-order valence-corrected chi connectivity index (χ2v) is 3.11. The van der Waals surface area contributed by atoms with Crippen LogP contribution in [0, 0.1) is 12.3 Å². The Morgan fingerprint density at radius 1 is 1.75 bits per heavy atom. The van der Waals surface area contributed by atoms with Crippen LogP contribution in [0.5, 0.6) is 0 Å². The normalized spacial score (nSPS) is 15.9. The Hall–Kier alpha value is -1.43. The van der Waals surface area contributed by atoms with Gasteiger partial charge in [0.2, 0.25) is 0 Å². The van der Waals surface area contributed by atoms with Crippen molar-refractivity contribution >= 4 is 0 Å². The van der Waals surface area contributed by atoms with Gasteiger partial charge in [-0.05, 0) is 12.8 Å². The summed E-state index contributed by atoms with van der Waals surface area (Å²) in [6.07, 6.45) is 7.48. The van der Waals surface area contributed by atoms with Crippen LogP contribution >= 0.6 is 0 Å². The smallest absolute Gasteiger partial charge is 0.267 e. The third-order valence-electron chi connectivity index (χ3n) is 2.08. The largest absolute Gasteiger partial charge is 0.299 e. The summed E-state index contributed by atoms with van der Waals surface area (Å²) < 4.78 is 1.47. The van der Waals surface area contributed by atoms with Crippen molar-refractivity contribution in [1.29, 1.82) is 0 Å². The van der Waals surface area contributed by atoms with Crippen molar-refractivity contribution in [3.05, 3.63) is 22.1 Å². The van der Waals surface area contributed by atoms with Gasteiger partial charge < -0.3 is 0 Å². The van der Waals surface area contributed by atoms with Crippen molar-refractivity contribution in [2.45, 2.75) is 25.3 Å². The zero-order valence-corrected chi connectivity index (χ0v) is 6.71. The predicted molar refractivity (Wildman–Crippen MR) is 45.9 cm³/mol. The lowest BCUT2D eigenvalue weighted by Crippen LogP contribution is -2.14. The molecule has 0 bridgehead atoms. The Balaban J connectivity index is 2.31. The van der Waals surface area contributed by atoms with Crippen molar-refractivity contribution in [3.63, 3.8) is 0 Å². The summed E-state index contributed by atoms with van der Waals surface area (Å²) in [6, 6.07) is 1.65. The zero-order chi connectivity index (χ0) is 8.55. The van der Waals surface area contributed by atoms with Crippen LogP contribution in [0.2, 0.25) is 0 Å². The SMILES string of the molecule is C#CCn1[nH]c(C2CC2)cc1=O. The van der Waals surface area contributed by atoms with Gasteiger partial charge in [0, 0.05) is 17.7 Å². The van der Waals surface area contributed by atoms with Crippen LogP contribution in [0.1, 0.15) is 24.5 Å². The lowest BCUT2D eigenvalue weighted by Gasteiger charge is -1.93. The number of terminal acetylenes is 1. The first-order valence-electron chi connectivity index (χ1n) is 4.04. The molecule has 1 aliphatic rings. The number of rotatable bonds is 2. The number of hydrogen-bond acceptors (Lipinski definition) is 1. The highest BCUT2D eigenvalue weighted by molar-refractivity contribution is 5.13. The van der Waals surface area contributed by atoms with E-state index in [9.17, 15) is 4.79 Å². The second-order valence-electron chi connectivity index (χ2n) is 3.11. The third-order valence-corrected chi connectivity index (χ3v) is 2.08. The van der Waals surface area contributed by atoms with E-state index in [2.05, 4.69) is 11.0 Å². The maximum Gasteiger partial charge on any atom is 0.267 e. The topological polar surface area (TPSA) is 37.8 Å². The van der Waals surface area contributed by atoms with Gasteiger partial charge in [-0.3, -0.25) is 9.89 Å². The summed E-state index contributed by atoms with van der Waals surface area (Å²) in [6.45, 7) is 0.339. The van der Waals surface area contributed by atoms with E-state index < -0.39 is 0 Å². The number of nitrogens with one attached hydrogen (secondary N) is 1. The van der Waals surface area contributed by atoms with E-state index in [1.165, 1.54) is 17.5 Å². The van der Waals surface area contributed by atoms with Gasteiger partial charge in [0.05, 0.1) is 0 Å². The average molecular weight is 162 g/mol. The number of aromatic nitrogens is 2. The van der Waals surface area contributed by atoms with E-state index in [0.29, 0.717) is 12.5 Å². The Kier molecular flexibility index (Phi) is 1.54. The van der Waals surface area contributed by atoms with Crippen molar-refractivity contribution in [2.24, 2.45) is 0 Å². The Morgan fingerprint density at radius 3 is 3.08 bits per heavy atom. The van der Waals surface area contributed by atoms with Gasteiger partial charge in [0.25, 0.3) is 5.56 Å². The maximum atomic E-state index is 11.2. The quantitative estimate of drug-likeness (QED) is 0.638. The van der Waals surface area contributed by atoms with Gasteiger partial charge in [-0.1, -0.05) is 5.92 Å². The summed E-state index contributed by atoms with van der Waals surface area (Å²) in [4.78, 5) is 11.2. The van der Waals surface area contributed by atoms with E-state index in [-0.39, 0.29) is 5.56 Å². The van der Waals surface area contributed by atoms with E-state index in [1.54, 1.807) is 6.07 Å². The molecule has 1 N–H and O–H groups in total. The van der Waals surface area contributed by atoms with E-state index >= 15 is 0 Å². The highest BCUT2D eigenvalue weighted by atomic mass is 16.1. The summed E-state index contributed by atoms with van der Waals surface area (Å²) in [5, 5.41) is 3.01. The van der Waals surface area contributed by atoms with Gasteiger partial charge in [-0.25, -0.2) is 4.68 Å². The molecule has 1 fully saturated rings. The van der Waals surface area contributed by atoms with Gasteiger partial charge >= 0.3 is 0 Å². The second kappa shape index (κ2) is 2.56. The first-order chi connectivity index (χ1) is 5.81. The number of hydrogen-bond donors (Lipinski definition) is 1. The summed E-state index contributed by atoms with van der Waals surface area (Å²) in [5.74, 6) is 3.01. The van der Waals surface area contributed by atoms with Gasteiger partial charge in [-0.2, -0.15) is 0 Å². The molecule has 0 aliphatic heterocycles. The highest BCUT2D eigenvalue weighted by Gasteiger charge is 2.25. The molecule has 1 aromatic rings. The molecule has 0 atom stereocenters. The fourth-order valence-corrected chi connectivity index (χ4v) is 1.27. The van der Waals surface area contributed by atoms with Gasteiger partial charge in [0.1, 0.15) is 6.54 Å². The van der Waals surface area contributed by atoms with E-state index in [1.807, 2.05) is 0 Å². The van der Waals surface area contributed by atoms with Crippen molar-refractivity contribution in [3.8, 4) is 12.3 Å². The van der Waals surface area contributed by atoms with Gasteiger partial charge in [0.15, 0.2) is 0 Å². The molecule has 0 radical (unpaired) electrons. The minimum absolute atomic E-state index is 0.0187. The molecule has 1 heterocycles. The zero-order valence-electron chi connectivity index (χ0n) is 6.71. The first-order valence-corrected chi connectivity index (χ1v) is 4.04. The molecule has 0 unspecified atom stereocenters. The van der Waals surface area contributed by atoms with Crippen LogP contribution in [-0.2, 0) is 6.54 Å². The first kappa shape index (κ1) is 7.23. The monoisotopic (exact) mass is 162 g/mol. The Labute approximate surface area is 70.4 Å². The number of nitrogens with zero attached hydrogens (tertiary/aromatic N) is 1. The molecule has 1 aliphatic carbocycles. The summed E-state index contributed by atoms with van der Waals surface area (Å²) in [7, 11) is 0. The molecule has 62 valence electrons. The van der Waals surface area contributed by atoms with E-state index in [4.69, 9.17) is 6.42 Å². The predicted octanol–water partition coefficient (Wildman–Crippen LogP) is 0.687. The fraction of sp³-hybridized carbons (Fsp3) is 0.444. The average Bonchev–Trinajstić information content (AvgIpc) is 2.80. The molecule has 3 heteroatoms. The van der Waals surface area contributed by atoms with Crippen LogP contribution in [-0.4, -0.2) is 9.78 Å². The standard InChI is InChI=1S/C9H10N2O/c1-2-5-11-9(12)6-8(10-11)7-3-4-7/h1,6-7,10H,3-5H2. The minimum atomic E-state index is -0.0187. The van der Waals surface area contributed by atoms with Crippen molar-refractivity contribution < 1.29 is 0 Å². The van der Waals surface area contributed by atoms with Crippen LogP contribution in [0.3, 0.4) is 0 Å². The molecule has 12 heavy (non-hydrogen) atoms. The van der Waals surface area contributed by atoms with Crippen LogP contribution in [0.4, 0.5) is 0 Å². The summed E-state index contributed by atoms with van der Waals surface area (Å²) in [5.41, 5.74) is 1.02. The molecule has 0 saturated heterocycles. The molecule has 3 nitrogen and oxygen atoms in total. The fourth-order valence-electron chi connectivity index (χ4n) is 1.27. The van der Waals surface area contributed by atoms with E-state index in [0.717, 1.165) is 5.69 Å². The Morgan fingerprint density at radius 2 is 2.50 bits per heavy atom. The summed E-state index contributed by atoms with van der Waals surface area (Å²) >= 11 is 0. The van der Waals surface area contributed by atoms with Crippen LogP contribution in [0.25, 0.3) is 0 Å². The molecule has 0 amide bonds. The van der Waals surface area contributed by atoms with Gasteiger partial charge in [-0.15, -0.1) is 6.42 Å². The lowest BCUT2D eigenvalue weighted by atomic mass is 10.3. The molecule has 1 aromatic heterocycles. The highest BCUT2D eigenvalue weighted by Crippen LogP contribution is 2.38. The number of aromatic amines is 1. The molecule has 0 aromatic carbocycles. The molecule has 2 rings (SSSR count). The minimum Gasteiger partial charge on any atom is -0.299 e. The molecule has 1 saturated carbocycles. The van der Waals surface area contributed by atoms with Crippen LogP contribution < -0.4 is 5.56 Å². The molecular formula is C9H10N2O.